The van der Waals surface area contributed by atoms with Crippen molar-refractivity contribution in [2.24, 2.45) is 0 Å². The molecule has 1 aromatic carbocycles. The van der Waals surface area contributed by atoms with Crippen LogP contribution in [-0.2, 0) is 4.74 Å². The minimum Gasteiger partial charge on any atom is -0.497 e. The Balaban J connectivity index is 2.30. The lowest BCUT2D eigenvalue weighted by atomic mass is 9.82. The minimum atomic E-state index is -0.119. The predicted octanol–water partition coefficient (Wildman–Crippen LogP) is 3.22. The van der Waals surface area contributed by atoms with Crippen LogP contribution in [0, 0.1) is 6.92 Å². The van der Waals surface area contributed by atoms with Crippen molar-refractivity contribution >= 4 is 0 Å². The first-order valence-electron chi connectivity index (χ1n) is 7.06. The van der Waals surface area contributed by atoms with Gasteiger partial charge in [-0.25, -0.2) is 0 Å². The summed E-state index contributed by atoms with van der Waals surface area (Å²) in [5.41, 5.74) is 2.42. The Labute approximate surface area is 116 Å². The molecule has 2 rings (SSSR count). The van der Waals surface area contributed by atoms with Crippen molar-refractivity contribution < 1.29 is 9.47 Å². The summed E-state index contributed by atoms with van der Waals surface area (Å²) in [6.07, 6.45) is 3.52. The molecule has 106 valence electrons. The summed E-state index contributed by atoms with van der Waals surface area (Å²) in [4.78, 5) is 0. The van der Waals surface area contributed by atoms with Crippen LogP contribution in [-0.4, -0.2) is 26.4 Å². The zero-order chi connectivity index (χ0) is 13.9. The summed E-state index contributed by atoms with van der Waals surface area (Å²) in [5.74, 6) is 0.908. The van der Waals surface area contributed by atoms with Crippen LogP contribution < -0.4 is 10.1 Å². The van der Waals surface area contributed by atoms with Crippen LogP contribution in [0.2, 0.25) is 0 Å². The first-order valence-corrected chi connectivity index (χ1v) is 7.06. The van der Waals surface area contributed by atoms with E-state index in [2.05, 4.69) is 31.3 Å². The Hall–Kier alpha value is -1.06. The number of benzene rings is 1. The van der Waals surface area contributed by atoms with Gasteiger partial charge in [-0.05, 0) is 63.4 Å². The molecule has 3 nitrogen and oxygen atoms in total. The quantitative estimate of drug-likeness (QED) is 0.904. The molecule has 0 aliphatic carbocycles. The number of aryl methyl sites for hydroxylation is 1. The fraction of sp³-hybridized carbons (Fsp3) is 0.625. The Kier molecular flexibility index (Phi) is 4.48. The molecule has 1 heterocycles. The molecule has 0 bridgehead atoms. The van der Waals surface area contributed by atoms with E-state index in [-0.39, 0.29) is 11.6 Å². The molecule has 0 radical (unpaired) electrons. The molecule has 1 aromatic rings. The molecule has 19 heavy (non-hydrogen) atoms. The molecule has 0 amide bonds. The van der Waals surface area contributed by atoms with E-state index in [1.54, 1.807) is 7.11 Å². The Morgan fingerprint density at radius 2 is 2.16 bits per heavy atom. The van der Waals surface area contributed by atoms with Crippen molar-refractivity contribution in [3.05, 3.63) is 29.3 Å². The highest BCUT2D eigenvalue weighted by Gasteiger charge is 2.37. The Morgan fingerprint density at radius 3 is 2.68 bits per heavy atom. The topological polar surface area (TPSA) is 30.5 Å². The average Bonchev–Trinajstić information content (AvgIpc) is 2.42. The summed E-state index contributed by atoms with van der Waals surface area (Å²) in [5, 5.41) is 3.44. The van der Waals surface area contributed by atoms with E-state index in [0.717, 1.165) is 18.8 Å². The molecule has 0 saturated carbocycles. The number of nitrogens with one attached hydrogen (secondary N) is 1. The molecule has 1 fully saturated rings. The van der Waals surface area contributed by atoms with Gasteiger partial charge < -0.3 is 14.8 Å². The zero-order valence-corrected chi connectivity index (χ0v) is 12.5. The molecule has 1 N–H and O–H groups in total. The monoisotopic (exact) mass is 263 g/mol. The van der Waals surface area contributed by atoms with E-state index < -0.39 is 0 Å². The summed E-state index contributed by atoms with van der Waals surface area (Å²) >= 11 is 0. The molecule has 2 atom stereocenters. The lowest BCUT2D eigenvalue weighted by Crippen LogP contribution is -2.45. The predicted molar refractivity (Wildman–Crippen MR) is 77.7 cm³/mol. The largest absolute Gasteiger partial charge is 0.497 e. The van der Waals surface area contributed by atoms with Gasteiger partial charge in [0.15, 0.2) is 0 Å². The maximum absolute atomic E-state index is 6.09. The van der Waals surface area contributed by atoms with Crippen LogP contribution in [0.15, 0.2) is 18.2 Å². The van der Waals surface area contributed by atoms with Gasteiger partial charge in [0.1, 0.15) is 5.75 Å². The molecular formula is C16H25NO2. The second-order valence-electron chi connectivity index (χ2n) is 5.56. The van der Waals surface area contributed by atoms with Gasteiger partial charge in [0.25, 0.3) is 0 Å². The smallest absolute Gasteiger partial charge is 0.119 e. The van der Waals surface area contributed by atoms with Gasteiger partial charge in [0, 0.05) is 6.61 Å². The van der Waals surface area contributed by atoms with E-state index >= 15 is 0 Å². The molecule has 0 spiro atoms. The second-order valence-corrected chi connectivity index (χ2v) is 5.56. The highest BCUT2D eigenvalue weighted by atomic mass is 16.5. The fourth-order valence-corrected chi connectivity index (χ4v) is 3.07. The summed E-state index contributed by atoms with van der Waals surface area (Å²) in [6.45, 7) is 5.22. The van der Waals surface area contributed by atoms with Crippen molar-refractivity contribution in [2.75, 3.05) is 20.8 Å². The Morgan fingerprint density at radius 1 is 1.37 bits per heavy atom. The third-order valence-electron chi connectivity index (χ3n) is 4.19. The summed E-state index contributed by atoms with van der Waals surface area (Å²) < 4.78 is 11.4. The molecule has 1 saturated heterocycles. The highest BCUT2D eigenvalue weighted by molar-refractivity contribution is 5.38. The maximum atomic E-state index is 6.09. The van der Waals surface area contributed by atoms with Gasteiger partial charge in [-0.1, -0.05) is 6.07 Å². The van der Waals surface area contributed by atoms with Crippen LogP contribution in [0.25, 0.3) is 0 Å². The minimum absolute atomic E-state index is 0.119. The van der Waals surface area contributed by atoms with E-state index in [1.165, 1.54) is 24.0 Å². The van der Waals surface area contributed by atoms with Gasteiger partial charge in [0.2, 0.25) is 0 Å². The zero-order valence-electron chi connectivity index (χ0n) is 12.5. The van der Waals surface area contributed by atoms with Crippen LogP contribution >= 0.6 is 0 Å². The highest BCUT2D eigenvalue weighted by Crippen LogP contribution is 2.38. The van der Waals surface area contributed by atoms with Crippen LogP contribution in [0.5, 0.6) is 5.75 Å². The van der Waals surface area contributed by atoms with Gasteiger partial charge in [0.05, 0.1) is 18.8 Å². The van der Waals surface area contributed by atoms with Crippen molar-refractivity contribution in [3.8, 4) is 5.75 Å². The number of ether oxygens (including phenoxy) is 2. The summed E-state index contributed by atoms with van der Waals surface area (Å²) in [7, 11) is 3.72. The van der Waals surface area contributed by atoms with Gasteiger partial charge in [-0.3, -0.25) is 0 Å². The molecule has 1 aliphatic rings. The van der Waals surface area contributed by atoms with Crippen molar-refractivity contribution in [2.45, 2.75) is 44.8 Å². The van der Waals surface area contributed by atoms with Gasteiger partial charge in [-0.15, -0.1) is 0 Å². The lowest BCUT2D eigenvalue weighted by Gasteiger charge is -2.41. The van der Waals surface area contributed by atoms with Gasteiger partial charge >= 0.3 is 0 Å². The third kappa shape index (κ3) is 2.93. The first-order chi connectivity index (χ1) is 9.10. The molecular weight excluding hydrogens is 238 g/mol. The van der Waals surface area contributed by atoms with Crippen LogP contribution in [0.1, 0.15) is 43.4 Å². The molecule has 3 heteroatoms. The van der Waals surface area contributed by atoms with E-state index in [1.807, 2.05) is 13.1 Å². The number of hydrogen-bond acceptors (Lipinski definition) is 3. The number of likely N-dealkylation sites (N-methyl/N-ethyl adjacent to an activating group) is 1. The number of methoxy groups -OCH3 is 1. The first kappa shape index (κ1) is 14.4. The lowest BCUT2D eigenvalue weighted by molar-refractivity contribution is -0.0885. The molecule has 0 aromatic heterocycles. The third-order valence-corrected chi connectivity index (χ3v) is 4.19. The van der Waals surface area contributed by atoms with E-state index in [0.29, 0.717) is 0 Å². The fourth-order valence-electron chi connectivity index (χ4n) is 3.07. The van der Waals surface area contributed by atoms with Gasteiger partial charge in [-0.2, -0.15) is 0 Å². The Bertz CT molecular complexity index is 425. The van der Waals surface area contributed by atoms with Crippen molar-refractivity contribution in [1.82, 2.24) is 5.32 Å². The number of rotatable bonds is 4. The van der Waals surface area contributed by atoms with Crippen LogP contribution in [0.4, 0.5) is 0 Å². The average molecular weight is 263 g/mol. The van der Waals surface area contributed by atoms with Crippen molar-refractivity contribution in [3.63, 3.8) is 0 Å². The molecule has 1 aliphatic heterocycles. The van der Waals surface area contributed by atoms with E-state index in [9.17, 15) is 0 Å². The van der Waals surface area contributed by atoms with Crippen molar-refractivity contribution in [1.29, 1.82) is 0 Å². The normalized spacial score (nSPS) is 25.1. The molecule has 2 unspecified atom stereocenters. The SMILES string of the molecule is CNC(c1ccc(OC)cc1C)C1(C)CCCCO1. The second kappa shape index (κ2) is 5.93. The summed E-state index contributed by atoms with van der Waals surface area (Å²) in [6, 6.07) is 6.49. The van der Waals surface area contributed by atoms with Crippen LogP contribution in [0.3, 0.4) is 0 Å². The van der Waals surface area contributed by atoms with E-state index in [4.69, 9.17) is 9.47 Å². The standard InChI is InChI=1S/C16H25NO2/c1-12-11-13(18-4)7-8-14(12)15(17-3)16(2)9-5-6-10-19-16/h7-8,11,15,17H,5-6,9-10H2,1-4H3. The maximum Gasteiger partial charge on any atom is 0.119 e. The number of hydrogen-bond donors (Lipinski definition) is 1.